The Labute approximate surface area is 179 Å². The van der Waals surface area contributed by atoms with E-state index in [1.54, 1.807) is 18.2 Å². The molecule has 2 aromatic carbocycles. The first-order valence-corrected chi connectivity index (χ1v) is 10.3. The van der Waals surface area contributed by atoms with Crippen LogP contribution in [0.1, 0.15) is 41.6 Å². The Morgan fingerprint density at radius 2 is 1.50 bits per heavy atom. The molecule has 160 valence electrons. The van der Waals surface area contributed by atoms with E-state index in [-0.39, 0.29) is 18.3 Å². The van der Waals surface area contributed by atoms with Crippen molar-refractivity contribution in [2.45, 2.75) is 32.3 Å². The smallest absolute Gasteiger partial charge is 0.317 e. The molecule has 30 heavy (non-hydrogen) atoms. The second-order valence-corrected chi connectivity index (χ2v) is 7.02. The van der Waals surface area contributed by atoms with Gasteiger partial charge in [-0.2, -0.15) is 0 Å². The van der Waals surface area contributed by atoms with E-state index in [2.05, 4.69) is 0 Å². The lowest BCUT2D eigenvalue weighted by Crippen LogP contribution is -2.32. The number of carbonyl (C=O) groups excluding carboxylic acids is 2. The summed E-state index contributed by atoms with van der Waals surface area (Å²) in [5, 5.41) is 0. The second-order valence-electron chi connectivity index (χ2n) is 7.02. The van der Waals surface area contributed by atoms with Crippen molar-refractivity contribution in [2.24, 2.45) is 11.8 Å². The predicted octanol–water partition coefficient (Wildman–Crippen LogP) is 4.64. The molecule has 2 aromatic rings. The molecule has 1 aliphatic rings. The van der Waals surface area contributed by atoms with E-state index in [4.69, 9.17) is 18.8 Å². The van der Waals surface area contributed by atoms with Gasteiger partial charge in [0.25, 0.3) is 0 Å². The van der Waals surface area contributed by atoms with Crippen molar-refractivity contribution in [1.29, 1.82) is 0 Å². The summed E-state index contributed by atoms with van der Waals surface area (Å²) in [6.07, 6.45) is 3.72. The zero-order chi connectivity index (χ0) is 21.9. The first-order valence-electron chi connectivity index (χ1n) is 9.85. The highest BCUT2D eigenvalue weighted by Crippen LogP contribution is 2.38. The van der Waals surface area contributed by atoms with Crippen LogP contribution in [0.25, 0.3) is 0 Å². The van der Waals surface area contributed by atoms with Crippen LogP contribution < -0.4 is 9.47 Å². The Balaban J connectivity index is 0.00000155. The fourth-order valence-electron chi connectivity index (χ4n) is 3.87. The Hall–Kier alpha value is -2.72. The average molecular weight is 431 g/mol. The number of carbonyl (C=O) groups is 2. The van der Waals surface area contributed by atoms with Gasteiger partial charge >= 0.3 is 15.1 Å². The molecule has 0 N–H and O–H groups in total. The Morgan fingerprint density at radius 1 is 0.933 bits per heavy atom. The molecule has 1 aliphatic carbocycles. The number of hydrogen-bond acceptors (Lipinski definition) is 6. The normalized spacial score (nSPS) is 14.2. The van der Waals surface area contributed by atoms with E-state index in [0.717, 1.165) is 31.2 Å². The van der Waals surface area contributed by atoms with Crippen molar-refractivity contribution < 1.29 is 28.4 Å². The predicted molar refractivity (Wildman–Crippen MR) is 116 cm³/mol. The Morgan fingerprint density at radius 3 is 2.03 bits per heavy atom. The molecular formula is C23H28O6P+. The van der Waals surface area contributed by atoms with Gasteiger partial charge in [0, 0.05) is 0 Å². The number of hydrogen-bond donors (Lipinski definition) is 0. The van der Waals surface area contributed by atoms with E-state index in [1.165, 1.54) is 23.3 Å². The third kappa shape index (κ3) is 5.67. The topological polar surface area (TPSA) is 78.9 Å². The summed E-state index contributed by atoms with van der Waals surface area (Å²) in [5.41, 5.74) is 1.20. The molecule has 0 spiro atoms. The third-order valence-electron chi connectivity index (χ3n) is 5.31. The van der Waals surface area contributed by atoms with Crippen molar-refractivity contribution in [3.63, 3.8) is 0 Å². The minimum absolute atomic E-state index is 0.0228. The van der Waals surface area contributed by atoms with Gasteiger partial charge in [-0.05, 0) is 36.5 Å². The summed E-state index contributed by atoms with van der Waals surface area (Å²) in [7, 11) is 4.17. The first kappa shape index (κ1) is 23.6. The summed E-state index contributed by atoms with van der Waals surface area (Å²) < 4.78 is 24.5. The number of ether oxygens (including phenoxy) is 3. The van der Waals surface area contributed by atoms with Gasteiger partial charge in [-0.3, -0.25) is 9.59 Å². The van der Waals surface area contributed by atoms with E-state index in [0.29, 0.717) is 17.1 Å². The van der Waals surface area contributed by atoms with Crippen molar-refractivity contribution in [1.82, 2.24) is 0 Å². The molecule has 0 amide bonds. The van der Waals surface area contributed by atoms with Crippen LogP contribution in [0.4, 0.5) is 0 Å². The van der Waals surface area contributed by atoms with Gasteiger partial charge in [0.05, 0.1) is 14.2 Å². The number of esters is 1. The molecule has 7 heteroatoms. The minimum Gasteiger partial charge on any atom is -0.496 e. The van der Waals surface area contributed by atoms with Gasteiger partial charge in [-0.15, -0.1) is 0 Å². The van der Waals surface area contributed by atoms with Gasteiger partial charge in [-0.25, -0.2) is 0 Å². The number of benzene rings is 2. The molecule has 0 heterocycles. The lowest BCUT2D eigenvalue weighted by atomic mass is 9.84. The molecule has 1 saturated carbocycles. The van der Waals surface area contributed by atoms with Crippen molar-refractivity contribution in [2.75, 3.05) is 14.2 Å². The van der Waals surface area contributed by atoms with E-state index >= 15 is 0 Å². The van der Waals surface area contributed by atoms with E-state index in [9.17, 15) is 9.59 Å². The highest BCUT2D eigenvalue weighted by molar-refractivity contribution is 7.00. The molecule has 0 radical (unpaired) electrons. The number of methoxy groups -OCH3 is 2. The van der Waals surface area contributed by atoms with Crippen LogP contribution in [0.15, 0.2) is 48.5 Å². The summed E-state index contributed by atoms with van der Waals surface area (Å²) in [4.78, 5) is 26.5. The molecule has 1 fully saturated rings. The highest BCUT2D eigenvalue weighted by atomic mass is 31.0. The fraction of sp³-hybridized carbons (Fsp3) is 0.391. The fourth-order valence-corrected chi connectivity index (χ4v) is 3.87. The van der Waals surface area contributed by atoms with Crippen molar-refractivity contribution in [3.05, 3.63) is 59.7 Å². The highest BCUT2D eigenvalue weighted by Gasteiger charge is 2.40. The summed E-state index contributed by atoms with van der Waals surface area (Å²) >= 11 is 0. The van der Waals surface area contributed by atoms with Crippen LogP contribution >= 0.6 is 9.12 Å². The first-order chi connectivity index (χ1) is 14.7. The maximum absolute atomic E-state index is 13.5. The van der Waals surface area contributed by atoms with Gasteiger partial charge < -0.3 is 14.2 Å². The molecule has 2 unspecified atom stereocenters. The van der Waals surface area contributed by atoms with Gasteiger partial charge in [0.2, 0.25) is 0 Å². The largest absolute Gasteiger partial charge is 0.496 e. The maximum Gasteiger partial charge on any atom is 0.317 e. The zero-order valence-corrected chi connectivity index (χ0v) is 18.5. The second kappa shape index (κ2) is 12.1. The monoisotopic (exact) mass is 431 g/mol. The number of rotatable bonds is 8. The molecule has 2 atom stereocenters. The van der Waals surface area contributed by atoms with Crippen LogP contribution in [-0.2, 0) is 20.7 Å². The minimum atomic E-state index is -0.851. The molecule has 6 nitrogen and oxygen atoms in total. The molecule has 0 aliphatic heterocycles. The molecule has 0 saturated heterocycles. The lowest BCUT2D eigenvalue weighted by Gasteiger charge is -2.22. The molecule has 3 rings (SSSR count). The van der Waals surface area contributed by atoms with Crippen LogP contribution in [0.2, 0.25) is 0 Å². The quantitative estimate of drug-likeness (QED) is 0.262. The van der Waals surface area contributed by atoms with Gasteiger partial charge in [0.15, 0.2) is 5.78 Å². The van der Waals surface area contributed by atoms with Crippen molar-refractivity contribution in [3.8, 4) is 11.5 Å². The maximum atomic E-state index is 13.5. The van der Waals surface area contributed by atoms with Crippen LogP contribution in [0.5, 0.6) is 11.5 Å². The standard InChI is InChI=1S/C23H26O5.H2OP/c1-26-18-13-8-14-19(27-2)21(18)22(24)20(17-11-6-7-12-17)23(25)28-15-16-9-4-3-5-10-16;1-2/h3-5,8-10,13-14,17,20H,6-7,11-12,15H2,1-2H3;2H2/q;+1. The number of Topliss-reactive ketones (excluding diaryl/α,β-unsaturated/α-hetero) is 1. The number of ketones is 1. The molecule has 0 bridgehead atoms. The average Bonchev–Trinajstić information content (AvgIpc) is 3.33. The molecule has 0 aromatic heterocycles. The van der Waals surface area contributed by atoms with Crippen LogP contribution in [0, 0.1) is 11.8 Å². The SMILES string of the molecule is COc1cccc(OC)c1C(=O)C(C(=O)OCc1ccccc1)C1CCCC1.O=[PH2+]. The Bertz CT molecular complexity index is 811. The zero-order valence-electron chi connectivity index (χ0n) is 17.3. The van der Waals surface area contributed by atoms with E-state index < -0.39 is 11.9 Å². The van der Waals surface area contributed by atoms with Gasteiger partial charge in [-0.1, -0.05) is 53.8 Å². The van der Waals surface area contributed by atoms with E-state index in [1.807, 2.05) is 30.3 Å². The third-order valence-corrected chi connectivity index (χ3v) is 5.31. The molecular weight excluding hydrogens is 403 g/mol. The van der Waals surface area contributed by atoms with Crippen LogP contribution in [0.3, 0.4) is 0 Å². The van der Waals surface area contributed by atoms with Crippen LogP contribution in [-0.4, -0.2) is 26.0 Å². The summed E-state index contributed by atoms with van der Waals surface area (Å²) in [6, 6.07) is 14.6. The summed E-state index contributed by atoms with van der Waals surface area (Å²) in [6.45, 7) is 0.152. The Kier molecular flexibility index (Phi) is 9.49. The van der Waals surface area contributed by atoms with Gasteiger partial charge in [0.1, 0.15) is 29.6 Å². The summed E-state index contributed by atoms with van der Waals surface area (Å²) in [5.74, 6) is -0.832. The van der Waals surface area contributed by atoms with Crippen molar-refractivity contribution >= 4 is 20.9 Å². The lowest BCUT2D eigenvalue weighted by molar-refractivity contribution is -0.149.